The second-order valence-electron chi connectivity index (χ2n) is 6.19. The van der Waals surface area contributed by atoms with Gasteiger partial charge in [-0.15, -0.1) is 0 Å². The smallest absolute Gasteiger partial charge is 0.224 e. The van der Waals surface area contributed by atoms with Gasteiger partial charge in [0.05, 0.1) is 6.61 Å². The van der Waals surface area contributed by atoms with E-state index in [0.29, 0.717) is 30.2 Å². The van der Waals surface area contributed by atoms with Gasteiger partial charge in [-0.25, -0.2) is 0 Å². The maximum Gasteiger partial charge on any atom is 0.224 e. The number of nitrogens with zero attached hydrogens (tertiary/aromatic N) is 1. The number of ether oxygens (including phenoxy) is 1. The molecule has 2 heterocycles. The Bertz CT molecular complexity index is 294. The Morgan fingerprint density at radius 1 is 1.37 bits per heavy atom. The number of piperidine rings is 2. The van der Waals surface area contributed by atoms with Gasteiger partial charge in [-0.3, -0.25) is 4.79 Å². The lowest BCUT2D eigenvalue weighted by Gasteiger charge is -2.35. The van der Waals surface area contributed by atoms with Gasteiger partial charge in [-0.05, 0) is 44.1 Å². The summed E-state index contributed by atoms with van der Waals surface area (Å²) in [6.45, 7) is 5.92. The lowest BCUT2D eigenvalue weighted by molar-refractivity contribution is -0.134. The molecule has 1 N–H and O–H groups in total. The van der Waals surface area contributed by atoms with E-state index in [4.69, 9.17) is 4.74 Å². The van der Waals surface area contributed by atoms with Gasteiger partial charge in [0, 0.05) is 32.7 Å². The summed E-state index contributed by atoms with van der Waals surface area (Å²) >= 11 is 0. The van der Waals surface area contributed by atoms with Crippen LogP contribution in [0.15, 0.2) is 0 Å². The van der Waals surface area contributed by atoms with Crippen molar-refractivity contribution in [2.24, 2.45) is 11.8 Å². The Kier molecular flexibility index (Phi) is 5.64. The van der Waals surface area contributed by atoms with Gasteiger partial charge in [-0.2, -0.15) is 0 Å². The average molecular weight is 268 g/mol. The third kappa shape index (κ3) is 4.18. The fourth-order valence-electron chi connectivity index (χ4n) is 3.37. The molecule has 3 unspecified atom stereocenters. The minimum Gasteiger partial charge on any atom is -0.384 e. The number of carbonyl (C=O) groups is 1. The summed E-state index contributed by atoms with van der Waals surface area (Å²) in [5, 5.41) is 3.50. The fourth-order valence-corrected chi connectivity index (χ4v) is 3.37. The van der Waals surface area contributed by atoms with Crippen LogP contribution >= 0.6 is 0 Å². The zero-order valence-corrected chi connectivity index (χ0v) is 12.4. The molecule has 3 atom stereocenters. The molecular formula is C15H28N2O2. The minimum atomic E-state index is 0.326. The average Bonchev–Trinajstić information content (AvgIpc) is 2.42. The highest BCUT2D eigenvalue weighted by Gasteiger charge is 2.28. The first-order chi connectivity index (χ1) is 9.20. The van der Waals surface area contributed by atoms with Crippen LogP contribution in [0.1, 0.15) is 39.0 Å². The molecule has 0 aromatic heterocycles. The van der Waals surface area contributed by atoms with E-state index in [2.05, 4.69) is 17.1 Å². The van der Waals surface area contributed by atoms with Crippen molar-refractivity contribution in [2.75, 3.05) is 33.4 Å². The van der Waals surface area contributed by atoms with Gasteiger partial charge in [0.1, 0.15) is 0 Å². The van der Waals surface area contributed by atoms with Crippen LogP contribution in [-0.2, 0) is 9.53 Å². The van der Waals surface area contributed by atoms with Crippen molar-refractivity contribution in [3.05, 3.63) is 0 Å². The summed E-state index contributed by atoms with van der Waals surface area (Å²) in [4.78, 5) is 14.5. The van der Waals surface area contributed by atoms with Crippen molar-refractivity contribution in [2.45, 2.75) is 45.1 Å². The Labute approximate surface area is 116 Å². The maximum atomic E-state index is 12.4. The lowest BCUT2D eigenvalue weighted by Crippen LogP contribution is -2.47. The van der Waals surface area contributed by atoms with Crippen molar-refractivity contribution in [1.82, 2.24) is 10.2 Å². The first-order valence-electron chi connectivity index (χ1n) is 7.70. The van der Waals surface area contributed by atoms with Crippen molar-refractivity contribution in [3.63, 3.8) is 0 Å². The quantitative estimate of drug-likeness (QED) is 0.843. The Balaban J connectivity index is 1.81. The van der Waals surface area contributed by atoms with Crippen LogP contribution in [0.25, 0.3) is 0 Å². The molecule has 110 valence electrons. The highest BCUT2D eigenvalue weighted by Crippen LogP contribution is 2.21. The topological polar surface area (TPSA) is 41.6 Å². The molecule has 2 aliphatic rings. The number of methoxy groups -OCH3 is 1. The van der Waals surface area contributed by atoms with Crippen LogP contribution < -0.4 is 5.32 Å². The molecule has 0 aromatic carbocycles. The number of hydrogen-bond acceptors (Lipinski definition) is 3. The van der Waals surface area contributed by atoms with Crippen molar-refractivity contribution in [1.29, 1.82) is 0 Å². The monoisotopic (exact) mass is 268 g/mol. The third-order valence-corrected chi connectivity index (χ3v) is 4.60. The van der Waals surface area contributed by atoms with E-state index in [1.165, 1.54) is 19.3 Å². The SMILES string of the molecule is COCC1CCCN(C(=O)CC2NCCCC2C)C1. The number of rotatable bonds is 4. The van der Waals surface area contributed by atoms with Crippen LogP contribution in [0.3, 0.4) is 0 Å². The predicted molar refractivity (Wildman–Crippen MR) is 76.0 cm³/mol. The lowest BCUT2D eigenvalue weighted by atomic mass is 9.90. The second kappa shape index (κ2) is 7.25. The van der Waals surface area contributed by atoms with E-state index < -0.39 is 0 Å². The van der Waals surface area contributed by atoms with Crippen molar-refractivity contribution < 1.29 is 9.53 Å². The molecule has 2 fully saturated rings. The molecule has 19 heavy (non-hydrogen) atoms. The van der Waals surface area contributed by atoms with E-state index in [-0.39, 0.29) is 0 Å². The van der Waals surface area contributed by atoms with Gasteiger partial charge in [0.2, 0.25) is 5.91 Å². The Morgan fingerprint density at radius 2 is 2.21 bits per heavy atom. The van der Waals surface area contributed by atoms with Gasteiger partial charge >= 0.3 is 0 Å². The summed E-state index contributed by atoms with van der Waals surface area (Å²) in [6, 6.07) is 0.379. The van der Waals surface area contributed by atoms with E-state index in [9.17, 15) is 4.79 Å². The van der Waals surface area contributed by atoms with E-state index >= 15 is 0 Å². The number of hydrogen-bond donors (Lipinski definition) is 1. The van der Waals surface area contributed by atoms with E-state index in [1.807, 2.05) is 0 Å². The summed E-state index contributed by atoms with van der Waals surface area (Å²) in [5.74, 6) is 1.48. The molecule has 4 heteroatoms. The molecule has 4 nitrogen and oxygen atoms in total. The predicted octanol–water partition coefficient (Wildman–Crippen LogP) is 1.65. The summed E-state index contributed by atoms with van der Waals surface area (Å²) in [7, 11) is 1.74. The molecule has 0 radical (unpaired) electrons. The number of amides is 1. The van der Waals surface area contributed by atoms with Gasteiger partial charge in [-0.1, -0.05) is 6.92 Å². The third-order valence-electron chi connectivity index (χ3n) is 4.60. The standard InChI is InChI=1S/C15H28N2O2/c1-12-5-3-7-16-14(12)9-15(18)17-8-4-6-13(10-17)11-19-2/h12-14,16H,3-11H2,1-2H3. The van der Waals surface area contributed by atoms with Crippen LogP contribution in [-0.4, -0.2) is 50.2 Å². The fraction of sp³-hybridized carbons (Fsp3) is 0.933. The van der Waals surface area contributed by atoms with Crippen LogP contribution in [0.5, 0.6) is 0 Å². The summed E-state index contributed by atoms with van der Waals surface area (Å²) < 4.78 is 5.23. The minimum absolute atomic E-state index is 0.326. The van der Waals surface area contributed by atoms with E-state index in [1.54, 1.807) is 7.11 Å². The highest BCUT2D eigenvalue weighted by atomic mass is 16.5. The normalized spacial score (nSPS) is 32.3. The molecular weight excluding hydrogens is 240 g/mol. The largest absolute Gasteiger partial charge is 0.384 e. The van der Waals surface area contributed by atoms with Crippen LogP contribution in [0.4, 0.5) is 0 Å². The maximum absolute atomic E-state index is 12.4. The second-order valence-corrected chi connectivity index (χ2v) is 6.19. The zero-order valence-electron chi connectivity index (χ0n) is 12.4. The van der Waals surface area contributed by atoms with Crippen molar-refractivity contribution in [3.8, 4) is 0 Å². The molecule has 0 bridgehead atoms. The summed E-state index contributed by atoms with van der Waals surface area (Å²) in [5.41, 5.74) is 0. The Morgan fingerprint density at radius 3 is 2.95 bits per heavy atom. The van der Waals surface area contributed by atoms with E-state index in [0.717, 1.165) is 32.7 Å². The molecule has 0 saturated carbocycles. The molecule has 1 amide bonds. The molecule has 0 aromatic rings. The van der Waals surface area contributed by atoms with Gasteiger partial charge in [0.15, 0.2) is 0 Å². The molecule has 2 rings (SSSR count). The highest BCUT2D eigenvalue weighted by molar-refractivity contribution is 5.77. The first-order valence-corrected chi connectivity index (χ1v) is 7.70. The first kappa shape index (κ1) is 14.8. The molecule has 2 aliphatic heterocycles. The molecule has 2 saturated heterocycles. The number of carbonyl (C=O) groups excluding carboxylic acids is 1. The number of nitrogens with one attached hydrogen (secondary N) is 1. The molecule has 0 aliphatic carbocycles. The van der Waals surface area contributed by atoms with Crippen LogP contribution in [0, 0.1) is 11.8 Å². The van der Waals surface area contributed by atoms with Gasteiger partial charge < -0.3 is 15.0 Å². The van der Waals surface area contributed by atoms with Crippen molar-refractivity contribution >= 4 is 5.91 Å². The zero-order chi connectivity index (χ0) is 13.7. The molecule has 0 spiro atoms. The number of likely N-dealkylation sites (tertiary alicyclic amines) is 1. The van der Waals surface area contributed by atoms with Gasteiger partial charge in [0.25, 0.3) is 0 Å². The Hall–Kier alpha value is -0.610. The summed E-state index contributed by atoms with van der Waals surface area (Å²) in [6.07, 6.45) is 5.46. The van der Waals surface area contributed by atoms with Crippen LogP contribution in [0.2, 0.25) is 0 Å².